The Kier molecular flexibility index (Phi) is 8.83. The maximum atomic E-state index is 6.06. The van der Waals surface area contributed by atoms with Crippen molar-refractivity contribution in [1.82, 2.24) is 4.98 Å². The summed E-state index contributed by atoms with van der Waals surface area (Å²) in [5.74, 6) is 3.77. The number of methoxy groups -OCH3 is 2. The Labute approximate surface area is 220 Å². The summed E-state index contributed by atoms with van der Waals surface area (Å²) in [7, 11) is 3.21. The lowest BCUT2D eigenvalue weighted by molar-refractivity contribution is 0.299. The first-order chi connectivity index (χ1) is 18.1. The van der Waals surface area contributed by atoms with E-state index >= 15 is 0 Å². The third kappa shape index (κ3) is 6.92. The molecular weight excluding hydrogens is 488 g/mol. The van der Waals surface area contributed by atoms with Crippen molar-refractivity contribution in [2.45, 2.75) is 19.3 Å². The number of oxazole rings is 1. The van der Waals surface area contributed by atoms with Gasteiger partial charge in [-0.05, 0) is 42.8 Å². The number of nitrogens with two attached hydrogens (primary N) is 1. The fraction of sp³-hybridized carbons (Fsp3) is 0.179. The topological polar surface area (TPSA) is 104 Å². The quantitative estimate of drug-likeness (QED) is 0.161. The molecule has 4 rings (SSSR count). The van der Waals surface area contributed by atoms with Crippen molar-refractivity contribution in [3.8, 4) is 28.7 Å². The Bertz CT molecular complexity index is 1390. The molecule has 37 heavy (non-hydrogen) atoms. The van der Waals surface area contributed by atoms with Gasteiger partial charge in [0, 0.05) is 11.3 Å². The molecule has 1 aromatic heterocycles. The van der Waals surface area contributed by atoms with E-state index in [1.165, 1.54) is 17.3 Å². The maximum Gasteiger partial charge on any atom is 0.230 e. The van der Waals surface area contributed by atoms with E-state index in [1.807, 2.05) is 79.7 Å². The molecule has 0 spiro atoms. The van der Waals surface area contributed by atoms with Crippen LogP contribution >= 0.6 is 11.8 Å². The molecule has 0 aliphatic rings. The normalized spacial score (nSPS) is 11.6. The van der Waals surface area contributed by atoms with E-state index in [0.717, 1.165) is 11.3 Å². The van der Waals surface area contributed by atoms with Gasteiger partial charge in [0.25, 0.3) is 0 Å². The van der Waals surface area contributed by atoms with Gasteiger partial charge in [-0.25, -0.2) is 4.98 Å². The molecule has 8 nitrogen and oxygen atoms in total. The van der Waals surface area contributed by atoms with Gasteiger partial charge < -0.3 is 24.4 Å². The molecule has 0 amide bonds. The largest absolute Gasteiger partial charge is 0.497 e. The number of hydrogen-bond acceptors (Lipinski definition) is 8. The summed E-state index contributed by atoms with van der Waals surface area (Å²) in [6, 6.07) is 23.1. The average Bonchev–Trinajstić information content (AvgIpc) is 3.31. The highest BCUT2D eigenvalue weighted by atomic mass is 32.2. The summed E-state index contributed by atoms with van der Waals surface area (Å²) in [6.45, 7) is 2.06. The number of aromatic nitrogens is 1. The number of thioether (sulfide) groups is 1. The summed E-state index contributed by atoms with van der Waals surface area (Å²) in [5.41, 5.74) is 9.31. The van der Waals surface area contributed by atoms with Gasteiger partial charge in [0.05, 0.1) is 26.0 Å². The third-order valence-corrected chi connectivity index (χ3v) is 6.25. The second-order valence-electron chi connectivity index (χ2n) is 7.87. The van der Waals surface area contributed by atoms with Crippen LogP contribution in [-0.4, -0.2) is 30.6 Å². The van der Waals surface area contributed by atoms with Crippen LogP contribution in [0.15, 0.2) is 87.4 Å². The predicted octanol–water partition coefficient (Wildman–Crippen LogP) is 5.83. The lowest BCUT2D eigenvalue weighted by atomic mass is 10.2. The molecule has 0 radical (unpaired) electrons. The van der Waals surface area contributed by atoms with E-state index in [-0.39, 0.29) is 6.61 Å². The molecule has 3 aromatic carbocycles. The third-order valence-electron chi connectivity index (χ3n) is 5.40. The molecular formula is C28H28N4O4S. The monoisotopic (exact) mass is 516 g/mol. The molecule has 0 atom stereocenters. The van der Waals surface area contributed by atoms with Crippen molar-refractivity contribution in [2.75, 3.05) is 14.2 Å². The van der Waals surface area contributed by atoms with E-state index in [0.29, 0.717) is 45.3 Å². The lowest BCUT2D eigenvalue weighted by Gasteiger charge is -2.08. The Hall–Kier alpha value is -4.24. The highest BCUT2D eigenvalue weighted by Crippen LogP contribution is 2.34. The van der Waals surface area contributed by atoms with Crippen molar-refractivity contribution in [3.05, 3.63) is 95.4 Å². The highest BCUT2D eigenvalue weighted by Gasteiger charge is 2.17. The van der Waals surface area contributed by atoms with Gasteiger partial charge in [-0.3, -0.25) is 0 Å². The minimum absolute atomic E-state index is 0.213. The molecule has 2 N–H and O–H groups in total. The van der Waals surface area contributed by atoms with Crippen molar-refractivity contribution >= 4 is 23.1 Å². The smallest absolute Gasteiger partial charge is 0.230 e. The van der Waals surface area contributed by atoms with E-state index in [1.54, 1.807) is 20.4 Å². The first-order valence-corrected chi connectivity index (χ1v) is 12.5. The summed E-state index contributed by atoms with van der Waals surface area (Å²) < 4.78 is 22.8. The van der Waals surface area contributed by atoms with Gasteiger partial charge in [-0.1, -0.05) is 54.2 Å². The van der Waals surface area contributed by atoms with Gasteiger partial charge in [0.15, 0.2) is 5.17 Å². The van der Waals surface area contributed by atoms with Gasteiger partial charge in [-0.2, -0.15) is 5.10 Å². The van der Waals surface area contributed by atoms with Crippen LogP contribution in [0.3, 0.4) is 0 Å². The van der Waals surface area contributed by atoms with Crippen LogP contribution < -0.4 is 19.9 Å². The number of benzene rings is 3. The molecule has 4 aromatic rings. The molecule has 0 bridgehead atoms. The van der Waals surface area contributed by atoms with E-state index in [9.17, 15) is 0 Å². The molecule has 1 heterocycles. The molecule has 0 fully saturated rings. The zero-order chi connectivity index (χ0) is 26.0. The number of ether oxygens (including phenoxy) is 3. The van der Waals surface area contributed by atoms with Crippen LogP contribution in [-0.2, 0) is 12.4 Å². The first-order valence-electron chi connectivity index (χ1n) is 11.5. The van der Waals surface area contributed by atoms with E-state index in [2.05, 4.69) is 15.2 Å². The standard InChI is InChI=1S/C28H28N4O4S/c1-19-24(31-27(36-19)23-15-22(33-2)13-14-26(23)34-3)17-35-25-12-8-7-11-21(25)16-30-32-28(29)37-18-20-9-5-4-6-10-20/h4-16H,17-18H2,1-3H3,(H2,29,32). The minimum atomic E-state index is 0.213. The highest BCUT2D eigenvalue weighted by molar-refractivity contribution is 8.13. The van der Waals surface area contributed by atoms with Gasteiger partial charge in [-0.15, -0.1) is 5.10 Å². The maximum absolute atomic E-state index is 6.06. The van der Waals surface area contributed by atoms with Crippen molar-refractivity contribution in [1.29, 1.82) is 0 Å². The molecule has 0 saturated carbocycles. The van der Waals surface area contributed by atoms with Crippen LogP contribution in [0.4, 0.5) is 0 Å². The molecule has 0 aliphatic heterocycles. The number of amidine groups is 1. The van der Waals surface area contributed by atoms with Crippen LogP contribution in [0, 0.1) is 6.92 Å². The first kappa shape index (κ1) is 25.8. The Morgan fingerprint density at radius 1 is 1.00 bits per heavy atom. The number of hydrogen-bond donors (Lipinski definition) is 1. The van der Waals surface area contributed by atoms with Crippen LogP contribution in [0.25, 0.3) is 11.5 Å². The Balaban J connectivity index is 1.43. The SMILES string of the molecule is COc1ccc(OC)c(-c2nc(COc3ccccc3C=NN=C(N)SCc3ccccc3)c(C)o2)c1. The van der Waals surface area contributed by atoms with Crippen molar-refractivity contribution in [3.63, 3.8) is 0 Å². The van der Waals surface area contributed by atoms with Gasteiger partial charge in [0.2, 0.25) is 5.89 Å². The zero-order valence-corrected chi connectivity index (χ0v) is 21.7. The van der Waals surface area contributed by atoms with Crippen LogP contribution in [0.5, 0.6) is 17.2 Å². The van der Waals surface area contributed by atoms with E-state index < -0.39 is 0 Å². The molecule has 0 aliphatic carbocycles. The van der Waals surface area contributed by atoms with Gasteiger partial charge >= 0.3 is 0 Å². The molecule has 0 unspecified atom stereocenters. The second-order valence-corrected chi connectivity index (χ2v) is 8.87. The second kappa shape index (κ2) is 12.6. The fourth-order valence-corrected chi connectivity index (χ4v) is 4.04. The zero-order valence-electron chi connectivity index (χ0n) is 20.9. The van der Waals surface area contributed by atoms with Crippen molar-refractivity contribution in [2.24, 2.45) is 15.9 Å². The van der Waals surface area contributed by atoms with Crippen molar-refractivity contribution < 1.29 is 18.6 Å². The molecule has 190 valence electrons. The van der Waals surface area contributed by atoms with E-state index in [4.69, 9.17) is 24.4 Å². The molecule has 0 saturated heterocycles. The summed E-state index contributed by atoms with van der Waals surface area (Å²) in [4.78, 5) is 4.64. The number of rotatable bonds is 10. The summed E-state index contributed by atoms with van der Waals surface area (Å²) in [6.07, 6.45) is 1.62. The lowest BCUT2D eigenvalue weighted by Crippen LogP contribution is -2.06. The molecule has 9 heteroatoms. The summed E-state index contributed by atoms with van der Waals surface area (Å²) in [5, 5.41) is 8.63. The number of aryl methyl sites for hydroxylation is 1. The van der Waals surface area contributed by atoms with Crippen LogP contribution in [0.2, 0.25) is 0 Å². The summed E-state index contributed by atoms with van der Waals surface area (Å²) >= 11 is 1.43. The number of para-hydroxylation sites is 1. The average molecular weight is 517 g/mol. The fourth-order valence-electron chi connectivity index (χ4n) is 3.43. The Morgan fingerprint density at radius 3 is 2.57 bits per heavy atom. The minimum Gasteiger partial charge on any atom is -0.497 e. The number of nitrogens with zero attached hydrogens (tertiary/aromatic N) is 3. The van der Waals surface area contributed by atoms with Gasteiger partial charge in [0.1, 0.15) is 35.3 Å². The Morgan fingerprint density at radius 2 is 1.78 bits per heavy atom. The predicted molar refractivity (Wildman–Crippen MR) is 148 cm³/mol. The van der Waals surface area contributed by atoms with Crippen LogP contribution in [0.1, 0.15) is 22.6 Å².